The van der Waals surface area contributed by atoms with Crippen molar-refractivity contribution in [2.75, 3.05) is 6.54 Å². The highest BCUT2D eigenvalue weighted by Gasteiger charge is 2.36. The Bertz CT molecular complexity index is 748. The van der Waals surface area contributed by atoms with Crippen LogP contribution in [0.1, 0.15) is 36.3 Å². The summed E-state index contributed by atoms with van der Waals surface area (Å²) >= 11 is 0. The first-order valence-corrected chi connectivity index (χ1v) is 8.99. The smallest absolute Gasteiger partial charge is 0.237 e. The lowest BCUT2D eigenvalue weighted by Crippen LogP contribution is -2.53. The van der Waals surface area contributed by atoms with Gasteiger partial charge in [0.2, 0.25) is 11.8 Å². The van der Waals surface area contributed by atoms with E-state index in [4.69, 9.17) is 5.73 Å². The van der Waals surface area contributed by atoms with Gasteiger partial charge in [0.25, 0.3) is 0 Å². The van der Waals surface area contributed by atoms with Gasteiger partial charge < -0.3 is 11.1 Å². The van der Waals surface area contributed by atoms with Gasteiger partial charge in [-0.15, -0.1) is 0 Å². The van der Waals surface area contributed by atoms with Crippen molar-refractivity contribution in [3.05, 3.63) is 71.8 Å². The molecule has 2 aromatic carbocycles. The molecule has 1 aliphatic rings. The number of carbonyl (C=O) groups is 2. The molecule has 2 amide bonds. The van der Waals surface area contributed by atoms with Gasteiger partial charge in [-0.05, 0) is 24.5 Å². The Balaban J connectivity index is 1.94. The molecule has 0 radical (unpaired) electrons. The van der Waals surface area contributed by atoms with E-state index < -0.39 is 18.0 Å². The van der Waals surface area contributed by atoms with Crippen LogP contribution in [0.4, 0.5) is 0 Å². The van der Waals surface area contributed by atoms with E-state index in [1.165, 1.54) is 5.56 Å². The maximum atomic E-state index is 12.8. The molecular weight excluding hydrogens is 326 g/mol. The SMILES string of the molecule is C[C@H](N[C@@H]1C(=O)NC[C@@H](c2ccccc2)C[C@@H]1c1ccccc1)C(N)=O. The molecule has 5 nitrogen and oxygen atoms in total. The Labute approximate surface area is 154 Å². The van der Waals surface area contributed by atoms with Gasteiger partial charge in [0.15, 0.2) is 0 Å². The molecule has 2 aromatic rings. The minimum absolute atomic E-state index is 0.0503. The van der Waals surface area contributed by atoms with Crippen molar-refractivity contribution in [1.82, 2.24) is 10.6 Å². The molecule has 4 N–H and O–H groups in total. The molecule has 0 bridgehead atoms. The van der Waals surface area contributed by atoms with Gasteiger partial charge in [-0.25, -0.2) is 0 Å². The predicted molar refractivity (Wildman–Crippen MR) is 102 cm³/mol. The van der Waals surface area contributed by atoms with Gasteiger partial charge in [-0.1, -0.05) is 60.7 Å². The topological polar surface area (TPSA) is 84.2 Å². The van der Waals surface area contributed by atoms with Crippen LogP contribution in [0.2, 0.25) is 0 Å². The fraction of sp³-hybridized carbons (Fsp3) is 0.333. The third-order valence-electron chi connectivity index (χ3n) is 5.10. The van der Waals surface area contributed by atoms with Crippen LogP contribution in [0.15, 0.2) is 60.7 Å². The second kappa shape index (κ2) is 8.15. The van der Waals surface area contributed by atoms with Gasteiger partial charge in [0.05, 0.1) is 12.1 Å². The van der Waals surface area contributed by atoms with Crippen LogP contribution in [0.5, 0.6) is 0 Å². The van der Waals surface area contributed by atoms with E-state index in [-0.39, 0.29) is 17.7 Å². The Morgan fingerprint density at radius 2 is 1.65 bits per heavy atom. The maximum Gasteiger partial charge on any atom is 0.237 e. The summed E-state index contributed by atoms with van der Waals surface area (Å²) < 4.78 is 0. The summed E-state index contributed by atoms with van der Waals surface area (Å²) in [6.07, 6.45) is 0.802. The van der Waals surface area contributed by atoms with Crippen molar-refractivity contribution in [1.29, 1.82) is 0 Å². The maximum absolute atomic E-state index is 12.8. The van der Waals surface area contributed by atoms with E-state index in [1.54, 1.807) is 6.92 Å². The van der Waals surface area contributed by atoms with Crippen LogP contribution < -0.4 is 16.4 Å². The van der Waals surface area contributed by atoms with Crippen LogP contribution in [0.25, 0.3) is 0 Å². The Morgan fingerprint density at radius 3 is 2.23 bits per heavy atom. The third kappa shape index (κ3) is 4.11. The van der Waals surface area contributed by atoms with E-state index >= 15 is 0 Å². The first-order valence-electron chi connectivity index (χ1n) is 8.99. The molecule has 0 aromatic heterocycles. The van der Waals surface area contributed by atoms with Crippen molar-refractivity contribution in [2.24, 2.45) is 5.73 Å². The Morgan fingerprint density at radius 1 is 1.08 bits per heavy atom. The fourth-order valence-electron chi connectivity index (χ4n) is 3.59. The van der Waals surface area contributed by atoms with Crippen molar-refractivity contribution in [3.63, 3.8) is 0 Å². The molecule has 26 heavy (non-hydrogen) atoms. The number of hydrogen-bond donors (Lipinski definition) is 3. The van der Waals surface area contributed by atoms with Crippen LogP contribution >= 0.6 is 0 Å². The Hall–Kier alpha value is -2.66. The lowest BCUT2D eigenvalue weighted by molar-refractivity contribution is -0.124. The number of nitrogens with one attached hydrogen (secondary N) is 2. The Kier molecular flexibility index (Phi) is 5.68. The number of benzene rings is 2. The van der Waals surface area contributed by atoms with Crippen LogP contribution in [-0.2, 0) is 9.59 Å². The summed E-state index contributed by atoms with van der Waals surface area (Å²) in [6, 6.07) is 19.1. The highest BCUT2D eigenvalue weighted by Crippen LogP contribution is 2.34. The minimum atomic E-state index is -0.578. The zero-order valence-corrected chi connectivity index (χ0v) is 14.9. The summed E-state index contributed by atoms with van der Waals surface area (Å²) in [5.74, 6) is -0.398. The highest BCUT2D eigenvalue weighted by atomic mass is 16.2. The molecule has 5 heteroatoms. The van der Waals surface area contributed by atoms with Gasteiger partial charge in [-0.2, -0.15) is 0 Å². The van der Waals surface area contributed by atoms with Crippen LogP contribution in [0.3, 0.4) is 0 Å². The largest absolute Gasteiger partial charge is 0.368 e. The summed E-state index contributed by atoms with van der Waals surface area (Å²) in [6.45, 7) is 2.27. The van der Waals surface area contributed by atoms with Gasteiger partial charge in [0.1, 0.15) is 0 Å². The van der Waals surface area contributed by atoms with Crippen molar-refractivity contribution < 1.29 is 9.59 Å². The lowest BCUT2D eigenvalue weighted by Gasteiger charge is -2.28. The second-order valence-corrected chi connectivity index (χ2v) is 6.87. The zero-order chi connectivity index (χ0) is 18.5. The number of carbonyl (C=O) groups excluding carboxylic acids is 2. The van der Waals surface area contributed by atoms with Crippen molar-refractivity contribution >= 4 is 11.8 Å². The molecule has 1 saturated heterocycles. The van der Waals surface area contributed by atoms with Gasteiger partial charge in [0, 0.05) is 18.4 Å². The van der Waals surface area contributed by atoms with E-state index in [0.29, 0.717) is 6.54 Å². The van der Waals surface area contributed by atoms with Gasteiger partial charge in [-0.3, -0.25) is 14.9 Å². The molecule has 3 rings (SSSR count). The number of hydrogen-bond acceptors (Lipinski definition) is 3. The number of rotatable bonds is 5. The van der Waals surface area contributed by atoms with E-state index in [1.807, 2.05) is 48.5 Å². The van der Waals surface area contributed by atoms with E-state index in [2.05, 4.69) is 22.8 Å². The first kappa shape index (κ1) is 18.1. The molecule has 1 fully saturated rings. The molecule has 0 spiro atoms. The monoisotopic (exact) mass is 351 g/mol. The zero-order valence-electron chi connectivity index (χ0n) is 14.9. The van der Waals surface area contributed by atoms with Crippen LogP contribution in [0, 0.1) is 0 Å². The quantitative estimate of drug-likeness (QED) is 0.769. The van der Waals surface area contributed by atoms with E-state index in [9.17, 15) is 9.59 Å². The summed E-state index contributed by atoms with van der Waals surface area (Å²) in [5.41, 5.74) is 7.70. The number of nitrogens with two attached hydrogens (primary N) is 1. The third-order valence-corrected chi connectivity index (χ3v) is 5.10. The molecule has 1 aliphatic heterocycles. The van der Waals surface area contributed by atoms with Crippen molar-refractivity contribution in [2.45, 2.75) is 37.3 Å². The first-order chi connectivity index (χ1) is 12.6. The molecule has 0 unspecified atom stereocenters. The standard InChI is InChI=1S/C21H25N3O2/c1-14(20(22)25)24-19-18(16-10-6-3-7-11-16)12-17(13-23-21(19)26)15-8-4-2-5-9-15/h2-11,14,17-19,24H,12-13H2,1H3,(H2,22,25)(H,23,26)/t14-,17-,18+,19-/m0/s1. The molecular formula is C21H25N3O2. The average molecular weight is 351 g/mol. The normalized spacial score (nSPS) is 24.3. The van der Waals surface area contributed by atoms with Crippen molar-refractivity contribution in [3.8, 4) is 0 Å². The minimum Gasteiger partial charge on any atom is -0.368 e. The molecule has 0 aliphatic carbocycles. The van der Waals surface area contributed by atoms with E-state index in [0.717, 1.165) is 12.0 Å². The number of primary amides is 1. The highest BCUT2D eigenvalue weighted by molar-refractivity contribution is 5.85. The van der Waals surface area contributed by atoms with Crippen LogP contribution in [-0.4, -0.2) is 30.4 Å². The average Bonchev–Trinajstić information content (AvgIpc) is 2.83. The lowest BCUT2D eigenvalue weighted by atomic mass is 9.82. The molecule has 4 atom stereocenters. The molecule has 0 saturated carbocycles. The second-order valence-electron chi connectivity index (χ2n) is 6.87. The number of amides is 2. The molecule has 1 heterocycles. The van der Waals surface area contributed by atoms with Gasteiger partial charge >= 0.3 is 0 Å². The summed E-state index contributed by atoms with van der Waals surface area (Å²) in [4.78, 5) is 24.3. The predicted octanol–water partition coefficient (Wildman–Crippen LogP) is 1.91. The summed E-state index contributed by atoms with van der Waals surface area (Å²) in [7, 11) is 0. The molecule has 136 valence electrons. The fourth-order valence-corrected chi connectivity index (χ4v) is 3.59. The summed E-state index contributed by atoms with van der Waals surface area (Å²) in [5, 5.41) is 6.18.